The Balaban J connectivity index is 1.79. The summed E-state index contributed by atoms with van der Waals surface area (Å²) in [4.78, 5) is 12.7. The lowest BCUT2D eigenvalue weighted by atomic mass is 9.81. The molecular weight excluding hydrogens is 315 g/mol. The Morgan fingerprint density at radius 2 is 2.25 bits per heavy atom. The normalized spacial score (nSPS) is 29.8. The van der Waals surface area contributed by atoms with Gasteiger partial charge in [-0.05, 0) is 43.2 Å². The number of rotatable bonds is 2. The Hall–Kier alpha value is -0.220. The number of ketones is 1. The van der Waals surface area contributed by atoms with Crippen LogP contribution >= 0.6 is 35.0 Å². The molecule has 1 aromatic carbocycles. The first-order valence-electron chi connectivity index (χ1n) is 6.81. The third-order valence-electron chi connectivity index (χ3n) is 4.13. The van der Waals surface area contributed by atoms with Gasteiger partial charge < -0.3 is 4.74 Å². The van der Waals surface area contributed by atoms with Crippen molar-refractivity contribution in [3.05, 3.63) is 33.8 Å². The van der Waals surface area contributed by atoms with Crippen molar-refractivity contribution < 1.29 is 9.53 Å². The largest absolute Gasteiger partial charge is 0.374 e. The van der Waals surface area contributed by atoms with Crippen LogP contribution in [0, 0.1) is 5.92 Å². The summed E-state index contributed by atoms with van der Waals surface area (Å²) >= 11 is 14.0. The first-order valence-corrected chi connectivity index (χ1v) is 8.72. The molecule has 2 saturated heterocycles. The molecule has 1 spiro atoms. The zero-order valence-corrected chi connectivity index (χ0v) is 13.4. The molecule has 0 bridgehead atoms. The number of thioether (sulfide) groups is 1. The van der Waals surface area contributed by atoms with E-state index in [1.165, 1.54) is 0 Å². The molecule has 2 heterocycles. The lowest BCUT2D eigenvalue weighted by molar-refractivity contribution is -0.0734. The van der Waals surface area contributed by atoms with Crippen LogP contribution in [0.4, 0.5) is 0 Å². The predicted octanol–water partition coefficient (Wildman–Crippen LogP) is 4.48. The quantitative estimate of drug-likeness (QED) is 0.748. The number of carbonyl (C=O) groups excluding carboxylic acids is 1. The van der Waals surface area contributed by atoms with Gasteiger partial charge in [0.1, 0.15) is 0 Å². The molecule has 2 aliphatic rings. The average molecular weight is 331 g/mol. The summed E-state index contributed by atoms with van der Waals surface area (Å²) in [6, 6.07) is 5.09. The molecule has 0 saturated carbocycles. The van der Waals surface area contributed by atoms with Crippen molar-refractivity contribution in [2.24, 2.45) is 5.92 Å². The Kier molecular flexibility index (Phi) is 4.32. The molecule has 2 aliphatic heterocycles. The number of halogens is 2. The molecular formula is C15H16Cl2O2S. The van der Waals surface area contributed by atoms with Crippen LogP contribution in [0.1, 0.15) is 29.6 Å². The van der Waals surface area contributed by atoms with Gasteiger partial charge in [0.25, 0.3) is 0 Å². The summed E-state index contributed by atoms with van der Waals surface area (Å²) < 4.78 is 5.96. The third kappa shape index (κ3) is 2.87. The summed E-state index contributed by atoms with van der Waals surface area (Å²) in [6.07, 6.45) is 2.65. The molecule has 2 nitrogen and oxygen atoms in total. The second kappa shape index (κ2) is 5.88. The molecule has 5 heteroatoms. The molecule has 0 aliphatic carbocycles. The Labute approximate surface area is 133 Å². The highest BCUT2D eigenvalue weighted by atomic mass is 35.5. The first kappa shape index (κ1) is 14.7. The molecule has 0 radical (unpaired) electrons. The lowest BCUT2D eigenvalue weighted by Crippen LogP contribution is -2.42. The highest BCUT2D eigenvalue weighted by molar-refractivity contribution is 7.99. The summed E-state index contributed by atoms with van der Waals surface area (Å²) in [6.45, 7) is 0.669. The molecule has 3 rings (SSSR count). The number of ether oxygens (including phenoxy) is 1. The molecule has 2 unspecified atom stereocenters. The minimum Gasteiger partial charge on any atom is -0.374 e. The highest BCUT2D eigenvalue weighted by Crippen LogP contribution is 2.41. The van der Waals surface area contributed by atoms with Gasteiger partial charge in [-0.15, -0.1) is 0 Å². The fourth-order valence-corrected chi connectivity index (χ4v) is 4.90. The molecule has 2 fully saturated rings. The van der Waals surface area contributed by atoms with Gasteiger partial charge in [0, 0.05) is 28.9 Å². The molecule has 108 valence electrons. The number of hydrogen-bond donors (Lipinski definition) is 0. The molecule has 20 heavy (non-hydrogen) atoms. The minimum atomic E-state index is -0.0812. The fraction of sp³-hybridized carbons (Fsp3) is 0.533. The van der Waals surface area contributed by atoms with Gasteiger partial charge in [0.2, 0.25) is 0 Å². The summed E-state index contributed by atoms with van der Waals surface area (Å²) in [5.41, 5.74) is 0.506. The van der Waals surface area contributed by atoms with E-state index < -0.39 is 0 Å². The number of hydrogen-bond acceptors (Lipinski definition) is 3. The smallest absolute Gasteiger partial charge is 0.167 e. The highest BCUT2D eigenvalue weighted by Gasteiger charge is 2.42. The number of benzene rings is 1. The molecule has 0 N–H and O–H groups in total. The maximum Gasteiger partial charge on any atom is 0.167 e. The van der Waals surface area contributed by atoms with Crippen LogP contribution in [0.25, 0.3) is 0 Å². The Morgan fingerprint density at radius 3 is 2.95 bits per heavy atom. The van der Waals surface area contributed by atoms with E-state index >= 15 is 0 Å². The average Bonchev–Trinajstić information content (AvgIpc) is 2.86. The topological polar surface area (TPSA) is 26.3 Å². The van der Waals surface area contributed by atoms with E-state index in [9.17, 15) is 4.79 Å². The fourth-order valence-electron chi connectivity index (χ4n) is 3.02. The first-order chi connectivity index (χ1) is 9.60. The monoisotopic (exact) mass is 330 g/mol. The second-order valence-corrected chi connectivity index (χ2v) is 7.46. The van der Waals surface area contributed by atoms with E-state index in [2.05, 4.69) is 0 Å². The molecule has 2 atom stereocenters. The van der Waals surface area contributed by atoms with Crippen molar-refractivity contribution in [2.75, 3.05) is 18.1 Å². The number of carbonyl (C=O) groups is 1. The van der Waals surface area contributed by atoms with Gasteiger partial charge in [-0.3, -0.25) is 4.79 Å². The summed E-state index contributed by atoms with van der Waals surface area (Å²) in [5, 5.41) is 1.01. The van der Waals surface area contributed by atoms with Gasteiger partial charge in [-0.25, -0.2) is 0 Å². The number of Topliss-reactive ketones (excluding diaryl/α,β-unsaturated/α-hetero) is 1. The van der Waals surface area contributed by atoms with Crippen molar-refractivity contribution in [2.45, 2.75) is 24.9 Å². The van der Waals surface area contributed by atoms with Crippen LogP contribution in [-0.2, 0) is 4.74 Å². The van der Waals surface area contributed by atoms with Gasteiger partial charge >= 0.3 is 0 Å². The van der Waals surface area contributed by atoms with Crippen molar-refractivity contribution in [1.29, 1.82) is 0 Å². The van der Waals surface area contributed by atoms with E-state index in [0.717, 1.165) is 30.8 Å². The molecule has 1 aromatic rings. The van der Waals surface area contributed by atoms with Crippen LogP contribution in [-0.4, -0.2) is 29.5 Å². The maximum absolute atomic E-state index is 12.7. The Morgan fingerprint density at radius 1 is 1.40 bits per heavy atom. The van der Waals surface area contributed by atoms with Crippen molar-refractivity contribution >= 4 is 40.7 Å². The van der Waals surface area contributed by atoms with E-state index in [1.807, 2.05) is 11.8 Å². The second-order valence-electron chi connectivity index (χ2n) is 5.51. The lowest BCUT2D eigenvalue weighted by Gasteiger charge is -2.37. The minimum absolute atomic E-state index is 0.0149. The SMILES string of the molecule is O=C(c1ccc(Cl)cc1Cl)C1CCOC2(CCSC2)C1. The third-order valence-corrected chi connectivity index (χ3v) is 5.90. The molecule has 0 amide bonds. The van der Waals surface area contributed by atoms with Crippen LogP contribution < -0.4 is 0 Å². The van der Waals surface area contributed by atoms with Crippen LogP contribution in [0.2, 0.25) is 10.0 Å². The van der Waals surface area contributed by atoms with Crippen molar-refractivity contribution in [3.8, 4) is 0 Å². The van der Waals surface area contributed by atoms with Crippen molar-refractivity contribution in [1.82, 2.24) is 0 Å². The van der Waals surface area contributed by atoms with Crippen LogP contribution in [0.15, 0.2) is 18.2 Å². The van der Waals surface area contributed by atoms with Crippen molar-refractivity contribution in [3.63, 3.8) is 0 Å². The van der Waals surface area contributed by atoms with E-state index in [0.29, 0.717) is 22.2 Å². The summed E-state index contributed by atoms with van der Waals surface area (Å²) in [7, 11) is 0. The van der Waals surface area contributed by atoms with Gasteiger partial charge in [0.05, 0.1) is 10.6 Å². The predicted molar refractivity (Wildman–Crippen MR) is 84.1 cm³/mol. The van der Waals surface area contributed by atoms with Gasteiger partial charge in [-0.2, -0.15) is 11.8 Å². The standard InChI is InChI=1S/C15H16Cl2O2S/c16-11-1-2-12(13(17)7-11)14(18)10-3-5-19-15(8-10)4-6-20-9-15/h1-2,7,10H,3-6,8-9H2. The summed E-state index contributed by atoms with van der Waals surface area (Å²) in [5.74, 6) is 2.28. The Bertz CT molecular complexity index is 527. The zero-order chi connectivity index (χ0) is 14.2. The van der Waals surface area contributed by atoms with Gasteiger partial charge in [0.15, 0.2) is 5.78 Å². The van der Waals surface area contributed by atoms with Crippen LogP contribution in [0.3, 0.4) is 0 Å². The van der Waals surface area contributed by atoms with Crippen LogP contribution in [0.5, 0.6) is 0 Å². The maximum atomic E-state index is 12.7. The molecule has 0 aromatic heterocycles. The zero-order valence-electron chi connectivity index (χ0n) is 11.0. The van der Waals surface area contributed by atoms with Gasteiger partial charge in [-0.1, -0.05) is 23.2 Å². The van der Waals surface area contributed by atoms with E-state index in [4.69, 9.17) is 27.9 Å². The van der Waals surface area contributed by atoms with E-state index in [-0.39, 0.29) is 17.3 Å². The van der Waals surface area contributed by atoms with E-state index in [1.54, 1.807) is 18.2 Å².